The number of aliphatic imine (C=N–C) groups is 1. The Morgan fingerprint density at radius 3 is 2.58 bits per heavy atom. The maximum atomic E-state index is 12.5. The van der Waals surface area contributed by atoms with Gasteiger partial charge in [-0.1, -0.05) is 29.8 Å². The van der Waals surface area contributed by atoms with E-state index in [-0.39, 0.29) is 5.91 Å². The number of thioether (sulfide) groups is 1. The lowest BCUT2D eigenvalue weighted by atomic mass is 10.2. The van der Waals surface area contributed by atoms with Gasteiger partial charge in [0.1, 0.15) is 5.75 Å². The Kier molecular flexibility index (Phi) is 4.92. The second-order valence-electron chi connectivity index (χ2n) is 5.09. The molecule has 1 saturated heterocycles. The Hall–Kier alpha value is -2.24. The molecule has 6 heteroatoms. The van der Waals surface area contributed by atoms with Crippen molar-refractivity contribution in [1.29, 1.82) is 0 Å². The number of amidine groups is 1. The zero-order valence-electron chi connectivity index (χ0n) is 13.2. The number of amides is 1. The van der Waals surface area contributed by atoms with E-state index in [4.69, 9.17) is 16.3 Å². The first-order valence-corrected chi connectivity index (χ1v) is 8.43. The van der Waals surface area contributed by atoms with Crippen molar-refractivity contribution in [2.45, 2.75) is 0 Å². The first-order chi connectivity index (χ1) is 11.6. The lowest BCUT2D eigenvalue weighted by Gasteiger charge is -2.07. The molecule has 0 atom stereocenters. The molecule has 0 N–H and O–H groups in total. The third kappa shape index (κ3) is 3.47. The molecule has 1 aliphatic rings. The van der Waals surface area contributed by atoms with E-state index in [1.165, 1.54) is 11.8 Å². The van der Waals surface area contributed by atoms with Gasteiger partial charge in [-0.3, -0.25) is 9.69 Å². The van der Waals surface area contributed by atoms with Gasteiger partial charge in [0.25, 0.3) is 5.91 Å². The van der Waals surface area contributed by atoms with Crippen LogP contribution in [0.5, 0.6) is 5.75 Å². The first kappa shape index (κ1) is 16.6. The maximum Gasteiger partial charge on any atom is 0.266 e. The number of para-hydroxylation sites is 1. The molecular weight excluding hydrogens is 344 g/mol. The number of carbonyl (C=O) groups excluding carboxylic acids is 1. The van der Waals surface area contributed by atoms with Crippen LogP contribution in [0.1, 0.15) is 5.56 Å². The van der Waals surface area contributed by atoms with Gasteiger partial charge in [0.2, 0.25) is 0 Å². The van der Waals surface area contributed by atoms with Crippen LogP contribution in [0.3, 0.4) is 0 Å². The van der Waals surface area contributed by atoms with Crippen LogP contribution in [0, 0.1) is 0 Å². The summed E-state index contributed by atoms with van der Waals surface area (Å²) in [4.78, 5) is 19.1. The Morgan fingerprint density at radius 2 is 1.88 bits per heavy atom. The normalized spacial score (nSPS) is 17.8. The number of ether oxygens (including phenoxy) is 1. The second-order valence-corrected chi connectivity index (χ2v) is 6.53. The van der Waals surface area contributed by atoms with Crippen molar-refractivity contribution in [2.24, 2.45) is 4.99 Å². The van der Waals surface area contributed by atoms with Crippen LogP contribution >= 0.6 is 23.4 Å². The van der Waals surface area contributed by atoms with Crippen LogP contribution < -0.4 is 4.74 Å². The smallest absolute Gasteiger partial charge is 0.266 e. The lowest BCUT2D eigenvalue weighted by molar-refractivity contribution is -0.121. The summed E-state index contributed by atoms with van der Waals surface area (Å²) in [6.07, 6.45) is 1.83. The van der Waals surface area contributed by atoms with Gasteiger partial charge in [-0.15, -0.1) is 0 Å². The molecule has 0 aliphatic carbocycles. The van der Waals surface area contributed by atoms with Crippen LogP contribution in [0.2, 0.25) is 5.02 Å². The molecule has 122 valence electrons. The van der Waals surface area contributed by atoms with Crippen molar-refractivity contribution in [3.8, 4) is 5.75 Å². The van der Waals surface area contributed by atoms with Gasteiger partial charge >= 0.3 is 0 Å². The molecule has 0 unspecified atom stereocenters. The molecule has 0 radical (unpaired) electrons. The summed E-state index contributed by atoms with van der Waals surface area (Å²) < 4.78 is 5.33. The quantitative estimate of drug-likeness (QED) is 0.754. The monoisotopic (exact) mass is 358 g/mol. The predicted molar refractivity (Wildman–Crippen MR) is 99.9 cm³/mol. The lowest BCUT2D eigenvalue weighted by Crippen LogP contribution is -2.23. The summed E-state index contributed by atoms with van der Waals surface area (Å²) in [6, 6.07) is 14.8. The van der Waals surface area contributed by atoms with Crippen molar-refractivity contribution in [3.05, 3.63) is 64.0 Å². The highest BCUT2D eigenvalue weighted by Gasteiger charge is 2.30. The predicted octanol–water partition coefficient (Wildman–Crippen LogP) is 4.58. The van der Waals surface area contributed by atoms with E-state index in [1.807, 2.05) is 42.5 Å². The van der Waals surface area contributed by atoms with E-state index in [1.54, 1.807) is 31.2 Å². The highest BCUT2D eigenvalue weighted by atomic mass is 35.5. The van der Waals surface area contributed by atoms with Crippen LogP contribution in [0.15, 0.2) is 58.4 Å². The number of carbonyl (C=O) groups is 1. The number of nitrogens with zero attached hydrogens (tertiary/aromatic N) is 2. The van der Waals surface area contributed by atoms with E-state index in [2.05, 4.69) is 4.99 Å². The zero-order chi connectivity index (χ0) is 17.1. The first-order valence-electron chi connectivity index (χ1n) is 7.23. The number of hydrogen-bond donors (Lipinski definition) is 0. The van der Waals surface area contributed by atoms with Gasteiger partial charge in [-0.05, 0) is 48.2 Å². The number of likely N-dealkylation sites (N-methyl/N-ethyl adjacent to an activating group) is 1. The molecule has 0 saturated carbocycles. The van der Waals surface area contributed by atoms with E-state index in [0.29, 0.717) is 15.1 Å². The minimum Gasteiger partial charge on any atom is -0.496 e. The summed E-state index contributed by atoms with van der Waals surface area (Å²) >= 11 is 7.22. The maximum absolute atomic E-state index is 12.5. The fourth-order valence-electron chi connectivity index (χ4n) is 2.20. The molecule has 0 bridgehead atoms. The molecule has 3 rings (SSSR count). The summed E-state index contributed by atoms with van der Waals surface area (Å²) in [5.74, 6) is 0.641. The Balaban J connectivity index is 1.91. The standard InChI is InChI=1S/C18H15ClN2O2S/c1-21-17(22)16(11-12-5-3-4-6-15(12)23-2)24-18(21)20-14-9-7-13(19)8-10-14/h3-11H,1-2H3/b16-11+,20-18?. The molecule has 4 nitrogen and oxygen atoms in total. The molecule has 2 aromatic carbocycles. The van der Waals surface area contributed by atoms with Gasteiger partial charge < -0.3 is 4.74 Å². The Bertz CT molecular complexity index is 831. The van der Waals surface area contributed by atoms with Crippen LogP contribution in [0.25, 0.3) is 6.08 Å². The van der Waals surface area contributed by atoms with E-state index >= 15 is 0 Å². The Morgan fingerprint density at radius 1 is 1.17 bits per heavy atom. The van der Waals surface area contributed by atoms with Crippen LogP contribution in [0.4, 0.5) is 5.69 Å². The minimum atomic E-state index is -0.0846. The average Bonchev–Trinajstić information content (AvgIpc) is 2.85. The molecule has 0 spiro atoms. The molecule has 24 heavy (non-hydrogen) atoms. The molecule has 2 aromatic rings. The van der Waals surface area contributed by atoms with Gasteiger partial charge in [0.05, 0.1) is 17.7 Å². The summed E-state index contributed by atoms with van der Waals surface area (Å²) in [5, 5.41) is 1.28. The van der Waals surface area contributed by atoms with Crippen molar-refractivity contribution >= 4 is 46.2 Å². The molecule has 0 aromatic heterocycles. The van der Waals surface area contributed by atoms with Gasteiger partial charge in [0, 0.05) is 17.6 Å². The van der Waals surface area contributed by atoms with Crippen molar-refractivity contribution in [1.82, 2.24) is 4.90 Å². The van der Waals surface area contributed by atoms with E-state index in [9.17, 15) is 4.79 Å². The molecule has 1 amide bonds. The average molecular weight is 359 g/mol. The third-order valence-corrected chi connectivity index (χ3v) is 4.79. The number of rotatable bonds is 3. The number of methoxy groups -OCH3 is 1. The Labute approximate surface area is 149 Å². The number of benzene rings is 2. The van der Waals surface area contributed by atoms with E-state index in [0.717, 1.165) is 17.0 Å². The number of halogens is 1. The van der Waals surface area contributed by atoms with E-state index < -0.39 is 0 Å². The molecule has 1 heterocycles. The van der Waals surface area contributed by atoms with Crippen molar-refractivity contribution in [3.63, 3.8) is 0 Å². The van der Waals surface area contributed by atoms with Crippen LogP contribution in [-0.4, -0.2) is 30.1 Å². The molecule has 1 fully saturated rings. The zero-order valence-corrected chi connectivity index (χ0v) is 14.8. The minimum absolute atomic E-state index is 0.0846. The van der Waals surface area contributed by atoms with Crippen LogP contribution in [-0.2, 0) is 4.79 Å². The van der Waals surface area contributed by atoms with Gasteiger partial charge in [0.15, 0.2) is 5.17 Å². The van der Waals surface area contributed by atoms with Crippen molar-refractivity contribution < 1.29 is 9.53 Å². The third-order valence-electron chi connectivity index (χ3n) is 3.48. The SMILES string of the molecule is COc1ccccc1/C=C1/SC(=Nc2ccc(Cl)cc2)N(C)C1=O. The highest BCUT2D eigenvalue weighted by Crippen LogP contribution is 2.34. The topological polar surface area (TPSA) is 41.9 Å². The second kappa shape index (κ2) is 7.11. The molecular formula is C18H15ClN2O2S. The fraction of sp³-hybridized carbons (Fsp3) is 0.111. The summed E-state index contributed by atoms with van der Waals surface area (Å²) in [7, 11) is 3.33. The van der Waals surface area contributed by atoms with Gasteiger partial charge in [-0.2, -0.15) is 0 Å². The molecule has 1 aliphatic heterocycles. The summed E-state index contributed by atoms with van der Waals surface area (Å²) in [5.41, 5.74) is 1.61. The highest BCUT2D eigenvalue weighted by molar-refractivity contribution is 8.18. The van der Waals surface area contributed by atoms with Gasteiger partial charge in [-0.25, -0.2) is 4.99 Å². The fourth-order valence-corrected chi connectivity index (χ4v) is 3.31. The summed E-state index contributed by atoms with van der Waals surface area (Å²) in [6.45, 7) is 0. The largest absolute Gasteiger partial charge is 0.496 e. The van der Waals surface area contributed by atoms with Crippen molar-refractivity contribution in [2.75, 3.05) is 14.2 Å². The number of hydrogen-bond acceptors (Lipinski definition) is 4.